The minimum Gasteiger partial charge on any atom is -0.493 e. The molecule has 1 aliphatic rings. The summed E-state index contributed by atoms with van der Waals surface area (Å²) in [4.78, 5) is 0. The van der Waals surface area contributed by atoms with Gasteiger partial charge in [0.05, 0.1) is 19.8 Å². The fourth-order valence-corrected chi connectivity index (χ4v) is 1.61. The maximum absolute atomic E-state index is 5.60. The lowest BCUT2D eigenvalue weighted by molar-refractivity contribution is -0.183. The molecule has 1 aromatic carbocycles. The normalized spacial score (nSPS) is 17.3. The first kappa shape index (κ1) is 11.4. The average Bonchev–Trinajstić information content (AvgIpc) is 2.33. The lowest BCUT2D eigenvalue weighted by Gasteiger charge is -2.23. The molecular formula is C13H18O3. The van der Waals surface area contributed by atoms with Crippen LogP contribution in [-0.4, -0.2) is 26.1 Å². The Morgan fingerprint density at radius 3 is 2.56 bits per heavy atom. The van der Waals surface area contributed by atoms with Crippen molar-refractivity contribution in [2.75, 3.05) is 19.8 Å². The first-order valence-corrected chi connectivity index (χ1v) is 5.77. The fraction of sp³-hybridized carbons (Fsp3) is 0.538. The van der Waals surface area contributed by atoms with Gasteiger partial charge >= 0.3 is 0 Å². The largest absolute Gasteiger partial charge is 0.493 e. The molecular weight excluding hydrogens is 204 g/mol. The Morgan fingerprint density at radius 2 is 1.88 bits per heavy atom. The van der Waals surface area contributed by atoms with Gasteiger partial charge in [-0.3, -0.25) is 0 Å². The molecule has 3 nitrogen and oxygen atoms in total. The van der Waals surface area contributed by atoms with Crippen LogP contribution in [-0.2, 0) is 9.47 Å². The Bertz CT molecular complexity index is 301. The van der Waals surface area contributed by atoms with Crippen LogP contribution in [0.25, 0.3) is 0 Å². The summed E-state index contributed by atoms with van der Waals surface area (Å²) in [5.41, 5.74) is 1.24. The monoisotopic (exact) mass is 222 g/mol. The van der Waals surface area contributed by atoms with Crippen molar-refractivity contribution in [1.82, 2.24) is 0 Å². The van der Waals surface area contributed by atoms with Crippen LogP contribution in [0.4, 0.5) is 0 Å². The lowest BCUT2D eigenvalue weighted by Crippen LogP contribution is -2.26. The topological polar surface area (TPSA) is 27.7 Å². The van der Waals surface area contributed by atoms with Crippen molar-refractivity contribution >= 4 is 0 Å². The molecule has 3 heteroatoms. The van der Waals surface area contributed by atoms with Crippen LogP contribution in [0.2, 0.25) is 0 Å². The van der Waals surface area contributed by atoms with E-state index in [9.17, 15) is 0 Å². The zero-order chi connectivity index (χ0) is 11.2. The molecule has 1 aliphatic heterocycles. The summed E-state index contributed by atoms with van der Waals surface area (Å²) < 4.78 is 16.5. The van der Waals surface area contributed by atoms with Gasteiger partial charge in [-0.1, -0.05) is 17.7 Å². The number of benzene rings is 1. The molecule has 1 fully saturated rings. The Kier molecular flexibility index (Phi) is 4.19. The van der Waals surface area contributed by atoms with Gasteiger partial charge in [0.25, 0.3) is 0 Å². The molecule has 0 amide bonds. The summed E-state index contributed by atoms with van der Waals surface area (Å²) in [5.74, 6) is 0.904. The van der Waals surface area contributed by atoms with Crippen LogP contribution in [0.1, 0.15) is 18.4 Å². The van der Waals surface area contributed by atoms with E-state index in [0.717, 1.165) is 31.8 Å². The molecule has 0 spiro atoms. The summed E-state index contributed by atoms with van der Waals surface area (Å²) in [6.45, 7) is 4.30. The first-order valence-electron chi connectivity index (χ1n) is 5.77. The van der Waals surface area contributed by atoms with E-state index in [0.29, 0.717) is 6.61 Å². The van der Waals surface area contributed by atoms with E-state index in [-0.39, 0.29) is 6.29 Å². The van der Waals surface area contributed by atoms with Gasteiger partial charge in [0.2, 0.25) is 0 Å². The Labute approximate surface area is 96.3 Å². The molecule has 0 saturated carbocycles. The van der Waals surface area contributed by atoms with Crippen molar-refractivity contribution in [2.24, 2.45) is 0 Å². The Balaban J connectivity index is 1.69. The van der Waals surface area contributed by atoms with Crippen molar-refractivity contribution < 1.29 is 14.2 Å². The summed E-state index contributed by atoms with van der Waals surface area (Å²) in [7, 11) is 0. The van der Waals surface area contributed by atoms with Gasteiger partial charge in [-0.25, -0.2) is 0 Å². The molecule has 1 saturated heterocycles. The van der Waals surface area contributed by atoms with E-state index in [1.165, 1.54) is 5.56 Å². The van der Waals surface area contributed by atoms with Gasteiger partial charge in [0.15, 0.2) is 6.29 Å². The number of hydrogen-bond donors (Lipinski definition) is 0. The van der Waals surface area contributed by atoms with Gasteiger partial charge in [0, 0.05) is 6.42 Å². The highest BCUT2D eigenvalue weighted by molar-refractivity contribution is 5.26. The quantitative estimate of drug-likeness (QED) is 0.783. The van der Waals surface area contributed by atoms with Crippen LogP contribution in [0, 0.1) is 6.92 Å². The van der Waals surface area contributed by atoms with Gasteiger partial charge < -0.3 is 14.2 Å². The predicted octanol–water partition coefficient (Wildman–Crippen LogP) is 2.53. The van der Waals surface area contributed by atoms with Crippen molar-refractivity contribution in [3.63, 3.8) is 0 Å². The molecule has 0 radical (unpaired) electrons. The smallest absolute Gasteiger partial charge is 0.160 e. The van der Waals surface area contributed by atoms with Gasteiger partial charge in [-0.15, -0.1) is 0 Å². The third-order valence-corrected chi connectivity index (χ3v) is 2.54. The second-order valence-corrected chi connectivity index (χ2v) is 3.97. The van der Waals surface area contributed by atoms with E-state index >= 15 is 0 Å². The van der Waals surface area contributed by atoms with E-state index < -0.39 is 0 Å². The zero-order valence-corrected chi connectivity index (χ0v) is 9.65. The van der Waals surface area contributed by atoms with Crippen LogP contribution in [0.5, 0.6) is 5.75 Å². The van der Waals surface area contributed by atoms with E-state index in [2.05, 4.69) is 6.92 Å². The molecule has 1 aromatic rings. The van der Waals surface area contributed by atoms with Crippen LogP contribution >= 0.6 is 0 Å². The highest BCUT2D eigenvalue weighted by Crippen LogP contribution is 2.13. The molecule has 2 rings (SSSR count). The lowest BCUT2D eigenvalue weighted by atomic mass is 10.2. The summed E-state index contributed by atoms with van der Waals surface area (Å²) in [5, 5.41) is 0. The van der Waals surface area contributed by atoms with Crippen LogP contribution in [0.15, 0.2) is 24.3 Å². The maximum Gasteiger partial charge on any atom is 0.160 e. The molecule has 0 N–H and O–H groups in total. The van der Waals surface area contributed by atoms with Crippen molar-refractivity contribution in [3.8, 4) is 5.75 Å². The van der Waals surface area contributed by atoms with Crippen molar-refractivity contribution in [2.45, 2.75) is 26.1 Å². The summed E-state index contributed by atoms with van der Waals surface area (Å²) in [6, 6.07) is 8.06. The molecule has 0 aromatic heterocycles. The summed E-state index contributed by atoms with van der Waals surface area (Å²) in [6.07, 6.45) is 1.70. The molecule has 88 valence electrons. The van der Waals surface area contributed by atoms with E-state index in [1.54, 1.807) is 0 Å². The van der Waals surface area contributed by atoms with Gasteiger partial charge in [-0.2, -0.15) is 0 Å². The standard InChI is InChI=1S/C13H18O3/c1-11-3-5-12(6-4-11)14-10-7-13-15-8-2-9-16-13/h3-6,13H,2,7-10H2,1H3. The minimum atomic E-state index is -0.0841. The second kappa shape index (κ2) is 5.87. The Morgan fingerprint density at radius 1 is 1.19 bits per heavy atom. The third-order valence-electron chi connectivity index (χ3n) is 2.54. The van der Waals surface area contributed by atoms with Gasteiger partial charge in [0.1, 0.15) is 5.75 Å². The average molecular weight is 222 g/mol. The SMILES string of the molecule is Cc1ccc(OCCC2OCCCO2)cc1. The first-order chi connectivity index (χ1) is 7.84. The number of rotatable bonds is 4. The molecule has 16 heavy (non-hydrogen) atoms. The second-order valence-electron chi connectivity index (χ2n) is 3.97. The highest BCUT2D eigenvalue weighted by atomic mass is 16.7. The van der Waals surface area contributed by atoms with E-state index in [1.807, 2.05) is 24.3 Å². The van der Waals surface area contributed by atoms with Crippen LogP contribution < -0.4 is 4.74 Å². The molecule has 1 heterocycles. The minimum absolute atomic E-state index is 0.0841. The molecule has 0 bridgehead atoms. The van der Waals surface area contributed by atoms with Crippen molar-refractivity contribution in [1.29, 1.82) is 0 Å². The van der Waals surface area contributed by atoms with Gasteiger partial charge in [-0.05, 0) is 25.5 Å². The van der Waals surface area contributed by atoms with Crippen molar-refractivity contribution in [3.05, 3.63) is 29.8 Å². The number of ether oxygens (including phenoxy) is 3. The molecule has 0 unspecified atom stereocenters. The maximum atomic E-state index is 5.60. The van der Waals surface area contributed by atoms with Crippen LogP contribution in [0.3, 0.4) is 0 Å². The number of aryl methyl sites for hydroxylation is 1. The Hall–Kier alpha value is -1.06. The zero-order valence-electron chi connectivity index (χ0n) is 9.65. The number of hydrogen-bond acceptors (Lipinski definition) is 3. The summed E-state index contributed by atoms with van der Waals surface area (Å²) >= 11 is 0. The fourth-order valence-electron chi connectivity index (χ4n) is 1.61. The third kappa shape index (κ3) is 3.51. The molecule has 0 atom stereocenters. The predicted molar refractivity (Wildman–Crippen MR) is 61.6 cm³/mol. The molecule has 0 aliphatic carbocycles. The van der Waals surface area contributed by atoms with E-state index in [4.69, 9.17) is 14.2 Å². The highest BCUT2D eigenvalue weighted by Gasteiger charge is 2.13.